The van der Waals surface area contributed by atoms with Gasteiger partial charge in [-0.1, -0.05) is 12.1 Å². The van der Waals surface area contributed by atoms with E-state index in [0.717, 1.165) is 5.56 Å². The van der Waals surface area contributed by atoms with Crippen molar-refractivity contribution in [3.8, 4) is 5.75 Å². The molecule has 0 amide bonds. The fraction of sp³-hybridized carbons (Fsp3) is 0.533. The van der Waals surface area contributed by atoms with E-state index in [-0.39, 0.29) is 19.2 Å². The summed E-state index contributed by atoms with van der Waals surface area (Å²) in [5.74, 6) is 0.349. The van der Waals surface area contributed by atoms with Crippen molar-refractivity contribution in [2.24, 2.45) is 0 Å². The Labute approximate surface area is 119 Å². The first-order valence-electron chi connectivity index (χ1n) is 6.82. The summed E-state index contributed by atoms with van der Waals surface area (Å²) in [6.45, 7) is 4.67. The molecule has 0 bridgehead atoms. The van der Waals surface area contributed by atoms with Crippen LogP contribution in [0.15, 0.2) is 24.3 Å². The lowest BCUT2D eigenvalue weighted by Crippen LogP contribution is -2.28. The smallest absolute Gasteiger partial charge is 0.335 e. The number of benzene rings is 1. The fourth-order valence-corrected chi connectivity index (χ4v) is 1.75. The van der Waals surface area contributed by atoms with Crippen molar-refractivity contribution in [3.63, 3.8) is 0 Å². The molecule has 112 valence electrons. The van der Waals surface area contributed by atoms with Crippen molar-refractivity contribution in [1.29, 1.82) is 0 Å². The summed E-state index contributed by atoms with van der Waals surface area (Å²) >= 11 is 0. The molecule has 5 nitrogen and oxygen atoms in total. The number of hydrogen-bond acceptors (Lipinski definition) is 5. The molecule has 0 saturated heterocycles. The molecular formula is C15H22O5. The predicted molar refractivity (Wildman–Crippen MR) is 74.8 cm³/mol. The van der Waals surface area contributed by atoms with Crippen LogP contribution in [-0.2, 0) is 20.7 Å². The minimum absolute atomic E-state index is 0.0168. The first-order valence-corrected chi connectivity index (χ1v) is 6.82. The molecule has 0 fully saturated rings. The van der Waals surface area contributed by atoms with Gasteiger partial charge in [0, 0.05) is 13.0 Å². The lowest BCUT2D eigenvalue weighted by Gasteiger charge is -2.15. The third kappa shape index (κ3) is 5.59. The Kier molecular flexibility index (Phi) is 7.69. The fourth-order valence-electron chi connectivity index (χ4n) is 1.75. The molecule has 1 rings (SSSR count). The summed E-state index contributed by atoms with van der Waals surface area (Å²) in [4.78, 5) is 11.7. The summed E-state index contributed by atoms with van der Waals surface area (Å²) in [5.41, 5.74) is 0.966. The van der Waals surface area contributed by atoms with Crippen LogP contribution >= 0.6 is 0 Å². The second-order valence-electron chi connectivity index (χ2n) is 4.12. The van der Waals surface area contributed by atoms with Crippen LogP contribution < -0.4 is 4.74 Å². The van der Waals surface area contributed by atoms with Crippen LogP contribution in [0.2, 0.25) is 0 Å². The maximum Gasteiger partial charge on any atom is 0.335 e. The monoisotopic (exact) mass is 282 g/mol. The van der Waals surface area contributed by atoms with Gasteiger partial charge in [-0.25, -0.2) is 4.79 Å². The van der Waals surface area contributed by atoms with Crippen LogP contribution in [0.5, 0.6) is 5.75 Å². The Morgan fingerprint density at radius 1 is 1.20 bits per heavy atom. The van der Waals surface area contributed by atoms with E-state index < -0.39 is 6.10 Å². The van der Waals surface area contributed by atoms with Gasteiger partial charge in [0.1, 0.15) is 12.4 Å². The molecule has 1 unspecified atom stereocenters. The van der Waals surface area contributed by atoms with E-state index in [4.69, 9.17) is 19.3 Å². The van der Waals surface area contributed by atoms with Crippen LogP contribution in [-0.4, -0.2) is 43.6 Å². The lowest BCUT2D eigenvalue weighted by molar-refractivity contribution is -0.156. The zero-order chi connectivity index (χ0) is 14.8. The Balaban J connectivity index is 2.61. The molecule has 20 heavy (non-hydrogen) atoms. The number of carbonyl (C=O) groups is 1. The lowest BCUT2D eigenvalue weighted by atomic mass is 10.1. The van der Waals surface area contributed by atoms with E-state index in [1.807, 2.05) is 19.1 Å². The number of esters is 1. The highest BCUT2D eigenvalue weighted by Crippen LogP contribution is 2.15. The predicted octanol–water partition coefficient (Wildman–Crippen LogP) is 1.57. The van der Waals surface area contributed by atoms with Gasteiger partial charge in [0.25, 0.3) is 0 Å². The normalized spacial score (nSPS) is 11.9. The first kappa shape index (κ1) is 16.5. The number of aliphatic hydroxyl groups is 1. The molecule has 0 heterocycles. The van der Waals surface area contributed by atoms with Crippen molar-refractivity contribution < 1.29 is 24.1 Å². The van der Waals surface area contributed by atoms with Gasteiger partial charge in [-0.3, -0.25) is 0 Å². The van der Waals surface area contributed by atoms with Crippen LogP contribution in [0.4, 0.5) is 0 Å². The number of aliphatic hydroxyl groups excluding tert-OH is 1. The number of rotatable bonds is 9. The second kappa shape index (κ2) is 9.34. The Bertz CT molecular complexity index is 388. The van der Waals surface area contributed by atoms with E-state index in [1.165, 1.54) is 0 Å². The number of hydrogen-bond donors (Lipinski definition) is 1. The van der Waals surface area contributed by atoms with E-state index in [1.54, 1.807) is 19.1 Å². The average molecular weight is 282 g/mol. The largest absolute Gasteiger partial charge is 0.491 e. The van der Waals surface area contributed by atoms with E-state index in [2.05, 4.69) is 0 Å². The van der Waals surface area contributed by atoms with Gasteiger partial charge in [0.05, 0.1) is 13.2 Å². The molecule has 0 radical (unpaired) electrons. The highest BCUT2D eigenvalue weighted by molar-refractivity contribution is 5.75. The number of carbonyl (C=O) groups excluding carboxylic acids is 1. The maximum atomic E-state index is 11.7. The van der Waals surface area contributed by atoms with Gasteiger partial charge in [0.15, 0.2) is 6.10 Å². The summed E-state index contributed by atoms with van der Waals surface area (Å²) in [7, 11) is 0. The maximum absolute atomic E-state index is 11.7. The quantitative estimate of drug-likeness (QED) is 0.696. The molecule has 1 aromatic carbocycles. The van der Waals surface area contributed by atoms with E-state index in [0.29, 0.717) is 25.4 Å². The second-order valence-corrected chi connectivity index (χ2v) is 4.12. The van der Waals surface area contributed by atoms with Crippen LogP contribution in [0, 0.1) is 0 Å². The molecule has 0 aliphatic heterocycles. The summed E-state index contributed by atoms with van der Waals surface area (Å²) in [5, 5.41) is 8.68. The Morgan fingerprint density at radius 3 is 2.45 bits per heavy atom. The minimum Gasteiger partial charge on any atom is -0.491 e. The van der Waals surface area contributed by atoms with E-state index in [9.17, 15) is 4.79 Å². The van der Waals surface area contributed by atoms with Gasteiger partial charge >= 0.3 is 5.97 Å². The van der Waals surface area contributed by atoms with Crippen LogP contribution in [0.25, 0.3) is 0 Å². The van der Waals surface area contributed by atoms with Crippen LogP contribution in [0.3, 0.4) is 0 Å². The Morgan fingerprint density at radius 2 is 1.90 bits per heavy atom. The third-order valence-electron chi connectivity index (χ3n) is 2.62. The Hall–Kier alpha value is -1.59. The van der Waals surface area contributed by atoms with Crippen LogP contribution in [0.1, 0.15) is 19.4 Å². The highest BCUT2D eigenvalue weighted by atomic mass is 16.6. The van der Waals surface area contributed by atoms with Crippen molar-refractivity contribution in [1.82, 2.24) is 0 Å². The van der Waals surface area contributed by atoms with Crippen molar-refractivity contribution in [3.05, 3.63) is 29.8 Å². The molecule has 0 aliphatic rings. The average Bonchev–Trinajstić information content (AvgIpc) is 2.46. The van der Waals surface area contributed by atoms with Gasteiger partial charge in [0.2, 0.25) is 0 Å². The van der Waals surface area contributed by atoms with Gasteiger partial charge in [-0.05, 0) is 31.5 Å². The van der Waals surface area contributed by atoms with Gasteiger partial charge in [-0.2, -0.15) is 0 Å². The summed E-state index contributed by atoms with van der Waals surface area (Å²) in [6, 6.07) is 7.36. The van der Waals surface area contributed by atoms with E-state index >= 15 is 0 Å². The molecule has 1 aromatic rings. The molecule has 0 saturated carbocycles. The first-order chi connectivity index (χ1) is 9.71. The minimum atomic E-state index is -0.579. The van der Waals surface area contributed by atoms with Gasteiger partial charge < -0.3 is 19.3 Å². The standard InChI is InChI=1S/C15H22O5/c1-3-18-14(15(17)19-4-2)11-12-5-7-13(8-6-12)20-10-9-16/h5-8,14,16H,3-4,9-11H2,1-2H3. The SMILES string of the molecule is CCOC(=O)C(Cc1ccc(OCCO)cc1)OCC. The topological polar surface area (TPSA) is 65.0 Å². The summed E-state index contributed by atoms with van der Waals surface area (Å²) < 4.78 is 15.7. The zero-order valence-corrected chi connectivity index (χ0v) is 12.0. The van der Waals surface area contributed by atoms with Gasteiger partial charge in [-0.15, -0.1) is 0 Å². The molecule has 5 heteroatoms. The van der Waals surface area contributed by atoms with Crippen molar-refractivity contribution in [2.75, 3.05) is 26.4 Å². The van der Waals surface area contributed by atoms with Crippen molar-refractivity contribution >= 4 is 5.97 Å². The van der Waals surface area contributed by atoms with Crippen molar-refractivity contribution in [2.45, 2.75) is 26.4 Å². The molecule has 0 aliphatic carbocycles. The molecule has 1 atom stereocenters. The summed E-state index contributed by atoms with van der Waals surface area (Å²) in [6.07, 6.45) is -0.114. The molecule has 1 N–H and O–H groups in total. The number of ether oxygens (including phenoxy) is 3. The molecule has 0 aromatic heterocycles. The third-order valence-corrected chi connectivity index (χ3v) is 2.62. The zero-order valence-electron chi connectivity index (χ0n) is 12.0. The molecular weight excluding hydrogens is 260 g/mol. The molecule has 0 spiro atoms. The highest BCUT2D eigenvalue weighted by Gasteiger charge is 2.20.